The molecule has 110 valence electrons. The molecule has 2 amide bonds. The van der Waals surface area contributed by atoms with Gasteiger partial charge in [0.05, 0.1) is 0 Å². The second-order valence-corrected chi connectivity index (χ2v) is 4.79. The van der Waals surface area contributed by atoms with Crippen molar-refractivity contribution in [2.24, 2.45) is 0 Å². The van der Waals surface area contributed by atoms with Gasteiger partial charge in [0, 0.05) is 36.9 Å². The molecule has 0 aliphatic carbocycles. The third kappa shape index (κ3) is 5.81. The Morgan fingerprint density at radius 1 is 1.25 bits per heavy atom. The molecule has 0 aliphatic rings. The van der Waals surface area contributed by atoms with E-state index >= 15 is 0 Å². The van der Waals surface area contributed by atoms with E-state index in [1.807, 2.05) is 0 Å². The summed E-state index contributed by atoms with van der Waals surface area (Å²) in [4.78, 5) is 33.2. The molecule has 0 fully saturated rings. The molecular weight excluding hydrogens is 284 g/mol. The van der Waals surface area contributed by atoms with Gasteiger partial charge < -0.3 is 20.8 Å². The fraction of sp³-hybridized carbons (Fsp3) is 0.417. The van der Waals surface area contributed by atoms with Crippen LogP contribution in [-0.2, 0) is 9.59 Å². The van der Waals surface area contributed by atoms with E-state index in [1.54, 1.807) is 16.8 Å². The fourth-order valence-electron chi connectivity index (χ4n) is 1.35. The fourth-order valence-corrected chi connectivity index (χ4v) is 1.98. The maximum absolute atomic E-state index is 11.5. The van der Waals surface area contributed by atoms with Crippen LogP contribution in [0.15, 0.2) is 16.8 Å². The van der Waals surface area contributed by atoms with Gasteiger partial charge in [0.1, 0.15) is 0 Å². The van der Waals surface area contributed by atoms with Crippen LogP contribution < -0.4 is 10.6 Å². The molecule has 8 heteroatoms. The number of amides is 2. The first-order valence-corrected chi connectivity index (χ1v) is 6.93. The predicted molar refractivity (Wildman–Crippen MR) is 72.5 cm³/mol. The monoisotopic (exact) mass is 300 g/mol. The van der Waals surface area contributed by atoms with Crippen LogP contribution in [0.1, 0.15) is 23.2 Å². The van der Waals surface area contributed by atoms with Crippen molar-refractivity contribution in [1.29, 1.82) is 0 Å². The molecule has 0 bridgehead atoms. The van der Waals surface area contributed by atoms with Gasteiger partial charge >= 0.3 is 5.97 Å². The first kappa shape index (κ1) is 16.1. The van der Waals surface area contributed by atoms with E-state index in [0.717, 1.165) is 0 Å². The molecule has 0 spiro atoms. The van der Waals surface area contributed by atoms with E-state index in [1.165, 1.54) is 11.3 Å². The Hall–Kier alpha value is -1.93. The van der Waals surface area contributed by atoms with E-state index in [4.69, 9.17) is 10.2 Å². The van der Waals surface area contributed by atoms with Gasteiger partial charge in [-0.05, 0) is 11.4 Å². The van der Waals surface area contributed by atoms with Gasteiger partial charge in [-0.15, -0.1) is 0 Å². The van der Waals surface area contributed by atoms with Gasteiger partial charge in [-0.25, -0.2) is 4.79 Å². The third-order valence-electron chi connectivity index (χ3n) is 2.45. The highest BCUT2D eigenvalue weighted by Gasteiger charge is 2.13. The minimum atomic E-state index is -1.48. The van der Waals surface area contributed by atoms with Crippen LogP contribution >= 0.6 is 11.3 Å². The van der Waals surface area contributed by atoms with Crippen molar-refractivity contribution in [3.8, 4) is 0 Å². The molecule has 0 saturated heterocycles. The summed E-state index contributed by atoms with van der Waals surface area (Å²) in [6.07, 6.45) is -1.44. The summed E-state index contributed by atoms with van der Waals surface area (Å²) in [5.74, 6) is -1.86. The Morgan fingerprint density at radius 3 is 2.60 bits per heavy atom. The maximum Gasteiger partial charge on any atom is 0.332 e. The number of aliphatic hydroxyl groups is 1. The van der Waals surface area contributed by atoms with Crippen LogP contribution in [0.3, 0.4) is 0 Å². The Labute approximate surface area is 119 Å². The summed E-state index contributed by atoms with van der Waals surface area (Å²) in [6, 6.07) is 1.69. The lowest BCUT2D eigenvalue weighted by molar-refractivity contribution is -0.147. The molecule has 1 aromatic rings. The lowest BCUT2D eigenvalue weighted by atomic mass is 10.2. The molecule has 4 N–H and O–H groups in total. The summed E-state index contributed by atoms with van der Waals surface area (Å²) in [5, 5.41) is 26.0. The maximum atomic E-state index is 11.5. The minimum absolute atomic E-state index is 0.0532. The molecule has 0 aliphatic heterocycles. The molecule has 1 rings (SSSR count). The van der Waals surface area contributed by atoms with Gasteiger partial charge in [0.25, 0.3) is 5.91 Å². The molecule has 1 aromatic heterocycles. The summed E-state index contributed by atoms with van der Waals surface area (Å²) in [6.45, 7) is 0.271. The van der Waals surface area contributed by atoms with Crippen LogP contribution in [0.5, 0.6) is 0 Å². The van der Waals surface area contributed by atoms with Crippen LogP contribution in [0.4, 0.5) is 0 Å². The number of hydrogen-bond acceptors (Lipinski definition) is 5. The van der Waals surface area contributed by atoms with Crippen LogP contribution in [0, 0.1) is 0 Å². The average Bonchev–Trinajstić information content (AvgIpc) is 2.92. The highest BCUT2D eigenvalue weighted by atomic mass is 32.1. The SMILES string of the molecule is O=C(CCNC(=O)c1ccsc1)NCC[C@H](O)C(=O)O. The first-order chi connectivity index (χ1) is 9.50. The van der Waals surface area contributed by atoms with Crippen molar-refractivity contribution in [3.05, 3.63) is 22.4 Å². The molecule has 0 radical (unpaired) electrons. The Kier molecular flexibility index (Phi) is 6.68. The predicted octanol–water partition coefficient (Wildman–Crippen LogP) is -0.180. The number of rotatable bonds is 8. The molecule has 1 heterocycles. The van der Waals surface area contributed by atoms with Gasteiger partial charge in [-0.3, -0.25) is 9.59 Å². The zero-order chi connectivity index (χ0) is 15.0. The second-order valence-electron chi connectivity index (χ2n) is 4.01. The molecule has 20 heavy (non-hydrogen) atoms. The largest absolute Gasteiger partial charge is 0.479 e. The highest BCUT2D eigenvalue weighted by molar-refractivity contribution is 7.08. The standard InChI is InChI=1S/C12H16N2O5S/c15-9(12(18)19)1-4-13-10(16)2-5-14-11(17)8-3-6-20-7-8/h3,6-7,9,15H,1-2,4-5H2,(H,13,16)(H,14,17)(H,18,19)/t9-/m0/s1. The summed E-state index contributed by atoms with van der Waals surface area (Å²) >= 11 is 1.41. The zero-order valence-electron chi connectivity index (χ0n) is 10.7. The van der Waals surface area contributed by atoms with Gasteiger partial charge in [0.15, 0.2) is 6.10 Å². The Bertz CT molecular complexity index is 460. The smallest absolute Gasteiger partial charge is 0.332 e. The normalized spacial score (nSPS) is 11.7. The van der Waals surface area contributed by atoms with E-state index in [2.05, 4.69) is 10.6 Å². The molecular formula is C12H16N2O5S. The van der Waals surface area contributed by atoms with Crippen LogP contribution in [0.25, 0.3) is 0 Å². The zero-order valence-corrected chi connectivity index (χ0v) is 11.5. The van der Waals surface area contributed by atoms with E-state index in [9.17, 15) is 14.4 Å². The van der Waals surface area contributed by atoms with E-state index < -0.39 is 12.1 Å². The highest BCUT2D eigenvalue weighted by Crippen LogP contribution is 2.04. The minimum Gasteiger partial charge on any atom is -0.479 e. The van der Waals surface area contributed by atoms with Gasteiger partial charge in [0.2, 0.25) is 5.91 Å². The summed E-state index contributed by atoms with van der Waals surface area (Å²) < 4.78 is 0. The molecule has 0 saturated carbocycles. The van der Waals surface area contributed by atoms with Crippen LogP contribution in [0.2, 0.25) is 0 Å². The topological polar surface area (TPSA) is 116 Å². The van der Waals surface area contributed by atoms with Crippen molar-refractivity contribution in [2.45, 2.75) is 18.9 Å². The van der Waals surface area contributed by atoms with Crippen LogP contribution in [-0.4, -0.2) is 47.2 Å². The summed E-state index contributed by atoms with van der Waals surface area (Å²) in [5.41, 5.74) is 0.556. The van der Waals surface area contributed by atoms with Gasteiger partial charge in [-0.2, -0.15) is 11.3 Å². The van der Waals surface area contributed by atoms with Crippen molar-refractivity contribution >= 4 is 29.1 Å². The third-order valence-corrected chi connectivity index (χ3v) is 3.13. The number of carbonyl (C=O) groups is 3. The quantitative estimate of drug-likeness (QED) is 0.531. The number of nitrogens with one attached hydrogen (secondary N) is 2. The lowest BCUT2D eigenvalue weighted by Gasteiger charge is -2.07. The van der Waals surface area contributed by atoms with Crippen molar-refractivity contribution in [2.75, 3.05) is 13.1 Å². The molecule has 0 aromatic carbocycles. The Balaban J connectivity index is 2.11. The first-order valence-electron chi connectivity index (χ1n) is 5.98. The number of aliphatic carboxylic acids is 1. The number of thiophene rings is 1. The number of hydrogen-bond donors (Lipinski definition) is 4. The lowest BCUT2D eigenvalue weighted by Crippen LogP contribution is -2.33. The Morgan fingerprint density at radius 2 is 2.00 bits per heavy atom. The number of carboxylic acid groups (broad SMARTS) is 1. The molecule has 1 atom stereocenters. The number of carboxylic acids is 1. The summed E-state index contributed by atoms with van der Waals surface area (Å²) in [7, 11) is 0. The van der Waals surface area contributed by atoms with Crippen molar-refractivity contribution < 1.29 is 24.6 Å². The average molecular weight is 300 g/mol. The van der Waals surface area contributed by atoms with Gasteiger partial charge in [-0.1, -0.05) is 0 Å². The number of carbonyl (C=O) groups excluding carboxylic acids is 2. The molecule has 7 nitrogen and oxygen atoms in total. The molecule has 0 unspecified atom stereocenters. The van der Waals surface area contributed by atoms with E-state index in [-0.39, 0.29) is 37.7 Å². The number of aliphatic hydroxyl groups excluding tert-OH is 1. The van der Waals surface area contributed by atoms with Crippen molar-refractivity contribution in [1.82, 2.24) is 10.6 Å². The van der Waals surface area contributed by atoms with Crippen molar-refractivity contribution in [3.63, 3.8) is 0 Å². The van der Waals surface area contributed by atoms with E-state index in [0.29, 0.717) is 5.56 Å². The second kappa shape index (κ2) is 8.28.